The van der Waals surface area contributed by atoms with E-state index in [1.807, 2.05) is 37.4 Å². The normalized spacial score (nSPS) is 10.3. The van der Waals surface area contributed by atoms with E-state index in [1.165, 1.54) is 0 Å². The SMILES string of the molecule is COc1ccc(C)cc1NC(=O)c1ccc(CSC)o1. The number of aryl methyl sites for hydroxylation is 1. The fourth-order valence-electron chi connectivity index (χ4n) is 1.82. The predicted molar refractivity (Wildman–Crippen MR) is 81.6 cm³/mol. The van der Waals surface area contributed by atoms with Gasteiger partial charge in [0.25, 0.3) is 5.91 Å². The van der Waals surface area contributed by atoms with E-state index < -0.39 is 0 Å². The lowest BCUT2D eigenvalue weighted by Gasteiger charge is -2.10. The van der Waals surface area contributed by atoms with Gasteiger partial charge in [-0.1, -0.05) is 6.07 Å². The van der Waals surface area contributed by atoms with Crippen molar-refractivity contribution in [2.45, 2.75) is 12.7 Å². The van der Waals surface area contributed by atoms with Gasteiger partial charge in [0, 0.05) is 0 Å². The molecule has 106 valence electrons. The van der Waals surface area contributed by atoms with Crippen LogP contribution in [-0.4, -0.2) is 19.3 Å². The first-order valence-corrected chi connectivity index (χ1v) is 7.57. The molecule has 0 bridgehead atoms. The van der Waals surface area contributed by atoms with Gasteiger partial charge in [-0.05, 0) is 43.0 Å². The van der Waals surface area contributed by atoms with Crippen molar-refractivity contribution in [2.75, 3.05) is 18.7 Å². The predicted octanol–water partition coefficient (Wildman–Crippen LogP) is 3.71. The van der Waals surface area contributed by atoms with Gasteiger partial charge in [-0.25, -0.2) is 0 Å². The van der Waals surface area contributed by atoms with Gasteiger partial charge >= 0.3 is 0 Å². The molecule has 4 nitrogen and oxygen atoms in total. The van der Waals surface area contributed by atoms with Crippen LogP contribution in [0.25, 0.3) is 0 Å². The number of hydrogen-bond acceptors (Lipinski definition) is 4. The monoisotopic (exact) mass is 291 g/mol. The highest BCUT2D eigenvalue weighted by molar-refractivity contribution is 7.97. The number of nitrogens with one attached hydrogen (secondary N) is 1. The first-order valence-electron chi connectivity index (χ1n) is 6.17. The standard InChI is InChI=1S/C15H17NO3S/c1-10-4-6-13(18-2)12(8-10)16-15(17)14-7-5-11(19-14)9-20-3/h4-8H,9H2,1-3H3,(H,16,17). The summed E-state index contributed by atoms with van der Waals surface area (Å²) in [5, 5.41) is 2.81. The van der Waals surface area contributed by atoms with E-state index in [0.29, 0.717) is 17.2 Å². The minimum atomic E-state index is -0.277. The summed E-state index contributed by atoms with van der Waals surface area (Å²) in [6.45, 7) is 1.96. The van der Waals surface area contributed by atoms with Gasteiger partial charge in [-0.15, -0.1) is 0 Å². The Morgan fingerprint density at radius 2 is 2.15 bits per heavy atom. The number of carbonyl (C=O) groups is 1. The van der Waals surface area contributed by atoms with Crippen molar-refractivity contribution in [3.63, 3.8) is 0 Å². The molecule has 0 radical (unpaired) electrons. The molecule has 0 aliphatic carbocycles. The van der Waals surface area contributed by atoms with E-state index in [1.54, 1.807) is 24.9 Å². The number of ether oxygens (including phenoxy) is 1. The summed E-state index contributed by atoms with van der Waals surface area (Å²) in [7, 11) is 1.57. The van der Waals surface area contributed by atoms with Crippen molar-refractivity contribution >= 4 is 23.4 Å². The summed E-state index contributed by atoms with van der Waals surface area (Å²) in [6.07, 6.45) is 1.99. The molecule has 0 atom stereocenters. The Labute approximate surface area is 122 Å². The number of hydrogen-bond donors (Lipinski definition) is 1. The number of carbonyl (C=O) groups excluding carboxylic acids is 1. The molecule has 0 unspecified atom stereocenters. The molecule has 2 rings (SSSR count). The third kappa shape index (κ3) is 3.36. The summed E-state index contributed by atoms with van der Waals surface area (Å²) < 4.78 is 10.7. The third-order valence-electron chi connectivity index (χ3n) is 2.78. The van der Waals surface area contributed by atoms with Crippen molar-refractivity contribution in [3.8, 4) is 5.75 Å². The molecule has 0 aliphatic rings. The molecule has 1 heterocycles. The van der Waals surface area contributed by atoms with Crippen LogP contribution in [0.5, 0.6) is 5.75 Å². The van der Waals surface area contributed by atoms with Gasteiger partial charge in [-0.3, -0.25) is 4.79 Å². The summed E-state index contributed by atoms with van der Waals surface area (Å²) in [5.41, 5.74) is 1.68. The highest BCUT2D eigenvalue weighted by Crippen LogP contribution is 2.26. The van der Waals surface area contributed by atoms with Gasteiger partial charge in [0.2, 0.25) is 0 Å². The molecule has 5 heteroatoms. The van der Waals surface area contributed by atoms with Gasteiger partial charge in [0.1, 0.15) is 11.5 Å². The molecule has 1 amide bonds. The lowest BCUT2D eigenvalue weighted by molar-refractivity contribution is 0.0995. The Hall–Kier alpha value is -1.88. The second-order valence-electron chi connectivity index (χ2n) is 4.36. The first-order chi connectivity index (χ1) is 9.63. The van der Waals surface area contributed by atoms with Gasteiger partial charge in [-0.2, -0.15) is 11.8 Å². The number of anilines is 1. The largest absolute Gasteiger partial charge is 0.495 e. The molecule has 0 fully saturated rings. The highest BCUT2D eigenvalue weighted by Gasteiger charge is 2.13. The van der Waals surface area contributed by atoms with E-state index >= 15 is 0 Å². The number of benzene rings is 1. The fraction of sp³-hybridized carbons (Fsp3) is 0.267. The van der Waals surface area contributed by atoms with Crippen LogP contribution in [0.1, 0.15) is 21.9 Å². The summed E-state index contributed by atoms with van der Waals surface area (Å²) in [4.78, 5) is 12.1. The van der Waals surface area contributed by atoms with E-state index in [-0.39, 0.29) is 5.91 Å². The number of amides is 1. The third-order valence-corrected chi connectivity index (χ3v) is 3.35. The highest BCUT2D eigenvalue weighted by atomic mass is 32.2. The van der Waals surface area contributed by atoms with Crippen molar-refractivity contribution in [2.24, 2.45) is 0 Å². The molecule has 2 aromatic rings. The van der Waals surface area contributed by atoms with Crippen LogP contribution in [0.3, 0.4) is 0 Å². The van der Waals surface area contributed by atoms with Crippen molar-refractivity contribution in [1.82, 2.24) is 0 Å². The van der Waals surface area contributed by atoms with Gasteiger partial charge in [0.15, 0.2) is 5.76 Å². The summed E-state index contributed by atoms with van der Waals surface area (Å²) in [6, 6.07) is 9.12. The molecule has 0 saturated heterocycles. The smallest absolute Gasteiger partial charge is 0.291 e. The molecule has 1 aromatic carbocycles. The van der Waals surface area contributed by atoms with E-state index in [0.717, 1.165) is 17.1 Å². The van der Waals surface area contributed by atoms with E-state index in [9.17, 15) is 4.79 Å². The minimum Gasteiger partial charge on any atom is -0.495 e. The Kier molecular flexibility index (Phi) is 4.74. The van der Waals surface area contributed by atoms with Gasteiger partial charge < -0.3 is 14.5 Å². The number of rotatable bonds is 5. The molecule has 0 aliphatic heterocycles. The second-order valence-corrected chi connectivity index (χ2v) is 5.22. The Balaban J connectivity index is 2.16. The zero-order valence-corrected chi connectivity index (χ0v) is 12.5. The zero-order chi connectivity index (χ0) is 14.5. The number of methoxy groups -OCH3 is 1. The van der Waals surface area contributed by atoms with Crippen LogP contribution >= 0.6 is 11.8 Å². The Morgan fingerprint density at radius 1 is 1.35 bits per heavy atom. The quantitative estimate of drug-likeness (QED) is 0.912. The first kappa shape index (κ1) is 14.5. The molecule has 0 spiro atoms. The molecular formula is C15H17NO3S. The zero-order valence-electron chi connectivity index (χ0n) is 11.7. The lowest BCUT2D eigenvalue weighted by atomic mass is 10.2. The number of thioether (sulfide) groups is 1. The van der Waals surface area contributed by atoms with Crippen LogP contribution in [0, 0.1) is 6.92 Å². The van der Waals surface area contributed by atoms with Crippen molar-refractivity contribution in [3.05, 3.63) is 47.4 Å². The topological polar surface area (TPSA) is 51.5 Å². The van der Waals surface area contributed by atoms with Crippen molar-refractivity contribution in [1.29, 1.82) is 0 Å². The average molecular weight is 291 g/mol. The molecule has 1 aromatic heterocycles. The van der Waals surface area contributed by atoms with Crippen LogP contribution in [0.4, 0.5) is 5.69 Å². The van der Waals surface area contributed by atoms with Crippen LogP contribution in [0.2, 0.25) is 0 Å². The summed E-state index contributed by atoms with van der Waals surface area (Å²) in [5.74, 6) is 2.19. The van der Waals surface area contributed by atoms with E-state index in [4.69, 9.17) is 9.15 Å². The second kappa shape index (κ2) is 6.52. The maximum atomic E-state index is 12.1. The van der Waals surface area contributed by atoms with Crippen LogP contribution in [-0.2, 0) is 5.75 Å². The summed E-state index contributed by atoms with van der Waals surface area (Å²) >= 11 is 1.65. The van der Waals surface area contributed by atoms with Crippen LogP contribution < -0.4 is 10.1 Å². The Morgan fingerprint density at radius 3 is 2.85 bits per heavy atom. The van der Waals surface area contributed by atoms with Crippen LogP contribution in [0.15, 0.2) is 34.7 Å². The fourth-order valence-corrected chi connectivity index (χ4v) is 2.26. The Bertz CT molecular complexity index is 607. The van der Waals surface area contributed by atoms with Crippen molar-refractivity contribution < 1.29 is 13.9 Å². The maximum Gasteiger partial charge on any atom is 0.291 e. The average Bonchev–Trinajstić information content (AvgIpc) is 2.88. The molecule has 20 heavy (non-hydrogen) atoms. The molecule has 0 saturated carbocycles. The van der Waals surface area contributed by atoms with E-state index in [2.05, 4.69) is 5.32 Å². The maximum absolute atomic E-state index is 12.1. The molecular weight excluding hydrogens is 274 g/mol. The lowest BCUT2D eigenvalue weighted by Crippen LogP contribution is -2.11. The molecule has 1 N–H and O–H groups in total. The minimum absolute atomic E-state index is 0.277. The van der Waals surface area contributed by atoms with Gasteiger partial charge in [0.05, 0.1) is 18.6 Å². The number of furan rings is 1.